The predicted molar refractivity (Wildman–Crippen MR) is 82.7 cm³/mol. The van der Waals surface area contributed by atoms with E-state index in [1.165, 1.54) is 6.20 Å². The third-order valence-corrected chi connectivity index (χ3v) is 3.96. The molecule has 3 rings (SSSR count). The van der Waals surface area contributed by atoms with E-state index in [0.29, 0.717) is 17.2 Å². The van der Waals surface area contributed by atoms with Gasteiger partial charge in [-0.1, -0.05) is 0 Å². The van der Waals surface area contributed by atoms with E-state index in [1.54, 1.807) is 30.3 Å². The molecule has 1 aliphatic heterocycles. The highest BCUT2D eigenvalue weighted by molar-refractivity contribution is 5.92. The fourth-order valence-corrected chi connectivity index (χ4v) is 2.71. The van der Waals surface area contributed by atoms with Gasteiger partial charge in [0.2, 0.25) is 0 Å². The molecule has 2 aromatic rings. The summed E-state index contributed by atoms with van der Waals surface area (Å²) in [7, 11) is 1.79. The van der Waals surface area contributed by atoms with Crippen molar-refractivity contribution in [1.82, 2.24) is 24.8 Å². The van der Waals surface area contributed by atoms with Crippen molar-refractivity contribution in [2.75, 3.05) is 18.0 Å². The lowest BCUT2D eigenvalue weighted by Crippen LogP contribution is -2.45. The summed E-state index contributed by atoms with van der Waals surface area (Å²) in [4.78, 5) is 26.5. The minimum Gasteiger partial charge on any atom is -0.354 e. The van der Waals surface area contributed by atoms with E-state index < -0.39 is 0 Å². The first-order valence-electron chi connectivity index (χ1n) is 7.42. The van der Waals surface area contributed by atoms with Crippen LogP contribution in [-0.2, 0) is 7.05 Å². The Morgan fingerprint density at radius 2 is 2.09 bits per heavy atom. The molecule has 0 atom stereocenters. The zero-order valence-corrected chi connectivity index (χ0v) is 12.8. The Hall–Kier alpha value is -2.95. The first kappa shape index (κ1) is 15.0. The average Bonchev–Trinajstić information content (AvgIpc) is 3.02. The zero-order chi connectivity index (χ0) is 16.2. The average molecular weight is 311 g/mol. The number of rotatable bonds is 3. The Morgan fingerprint density at radius 3 is 2.74 bits per heavy atom. The van der Waals surface area contributed by atoms with Gasteiger partial charge >= 0.3 is 0 Å². The fraction of sp³-hybridized carbons (Fsp3) is 0.400. The van der Waals surface area contributed by atoms with Crippen LogP contribution in [0.25, 0.3) is 0 Å². The first-order chi connectivity index (χ1) is 11.2. The second-order valence-electron chi connectivity index (χ2n) is 5.46. The van der Waals surface area contributed by atoms with Gasteiger partial charge in [0.05, 0.1) is 12.5 Å². The van der Waals surface area contributed by atoms with Crippen LogP contribution in [0.2, 0.25) is 0 Å². The molecule has 23 heavy (non-hydrogen) atoms. The summed E-state index contributed by atoms with van der Waals surface area (Å²) >= 11 is 0. The molecule has 0 radical (unpaired) electrons. The normalized spacial score (nSPS) is 15.2. The van der Waals surface area contributed by atoms with E-state index in [4.69, 9.17) is 5.26 Å². The van der Waals surface area contributed by atoms with Crippen LogP contribution in [0.5, 0.6) is 0 Å². The van der Waals surface area contributed by atoms with Crippen LogP contribution >= 0.6 is 0 Å². The van der Waals surface area contributed by atoms with Gasteiger partial charge in [0.15, 0.2) is 11.5 Å². The predicted octanol–water partition coefficient (Wildman–Crippen LogP) is 0.481. The van der Waals surface area contributed by atoms with E-state index in [9.17, 15) is 4.79 Å². The van der Waals surface area contributed by atoms with Gasteiger partial charge in [-0.05, 0) is 12.8 Å². The van der Waals surface area contributed by atoms with E-state index in [2.05, 4.69) is 26.3 Å². The summed E-state index contributed by atoms with van der Waals surface area (Å²) in [5.74, 6) is 0.507. The zero-order valence-electron chi connectivity index (χ0n) is 12.8. The van der Waals surface area contributed by atoms with Gasteiger partial charge in [-0.2, -0.15) is 5.26 Å². The molecule has 8 nitrogen and oxygen atoms in total. The summed E-state index contributed by atoms with van der Waals surface area (Å²) in [6, 6.07) is 2.17. The van der Waals surface area contributed by atoms with Crippen molar-refractivity contribution in [3.8, 4) is 6.07 Å². The number of carbonyl (C=O) groups is 1. The molecule has 0 saturated carbocycles. The Kier molecular flexibility index (Phi) is 4.19. The molecular formula is C15H17N7O. The minimum absolute atomic E-state index is 0.107. The summed E-state index contributed by atoms with van der Waals surface area (Å²) < 4.78 is 1.70. The third-order valence-electron chi connectivity index (χ3n) is 3.96. The molecule has 1 aliphatic rings. The second kappa shape index (κ2) is 6.44. The van der Waals surface area contributed by atoms with Crippen LogP contribution in [-0.4, -0.2) is 44.6 Å². The Balaban J connectivity index is 1.60. The quantitative estimate of drug-likeness (QED) is 0.885. The van der Waals surface area contributed by atoms with Gasteiger partial charge in [-0.15, -0.1) is 0 Å². The molecule has 0 unspecified atom stereocenters. The van der Waals surface area contributed by atoms with Crippen LogP contribution in [0.3, 0.4) is 0 Å². The van der Waals surface area contributed by atoms with Crippen LogP contribution < -0.4 is 10.2 Å². The number of anilines is 1. The first-order valence-corrected chi connectivity index (χ1v) is 7.42. The summed E-state index contributed by atoms with van der Waals surface area (Å²) in [5, 5.41) is 12.1. The van der Waals surface area contributed by atoms with Crippen molar-refractivity contribution < 1.29 is 4.79 Å². The number of imidazole rings is 1. The maximum absolute atomic E-state index is 12.2. The number of hydrogen-bond donors (Lipinski definition) is 1. The number of aromatic nitrogens is 4. The van der Waals surface area contributed by atoms with Crippen molar-refractivity contribution >= 4 is 11.7 Å². The number of carbonyl (C=O) groups excluding carboxylic acids is 1. The lowest BCUT2D eigenvalue weighted by molar-refractivity contribution is 0.0923. The number of nitrogens with one attached hydrogen (secondary N) is 1. The van der Waals surface area contributed by atoms with Gasteiger partial charge in [-0.3, -0.25) is 4.79 Å². The summed E-state index contributed by atoms with van der Waals surface area (Å²) in [6.45, 7) is 1.45. The van der Waals surface area contributed by atoms with Crippen LogP contribution in [0.1, 0.15) is 29.0 Å². The smallest absolute Gasteiger partial charge is 0.269 e. The fourth-order valence-electron chi connectivity index (χ4n) is 2.71. The molecule has 0 aromatic carbocycles. The molecule has 1 saturated heterocycles. The number of nitriles is 1. The lowest BCUT2D eigenvalue weighted by Gasteiger charge is -2.33. The van der Waals surface area contributed by atoms with Crippen molar-refractivity contribution in [1.29, 1.82) is 5.26 Å². The van der Waals surface area contributed by atoms with Crippen LogP contribution in [0, 0.1) is 11.3 Å². The number of hydrogen-bond acceptors (Lipinski definition) is 6. The van der Waals surface area contributed by atoms with Gasteiger partial charge in [0, 0.05) is 38.6 Å². The third kappa shape index (κ3) is 3.13. The second-order valence-corrected chi connectivity index (χ2v) is 5.46. The molecule has 1 amide bonds. The molecule has 1 N–H and O–H groups in total. The van der Waals surface area contributed by atoms with Crippen molar-refractivity contribution in [2.45, 2.75) is 18.9 Å². The molecule has 8 heteroatoms. The lowest BCUT2D eigenvalue weighted by atomic mass is 10.0. The molecule has 1 fully saturated rings. The van der Waals surface area contributed by atoms with E-state index in [1.807, 2.05) is 4.90 Å². The van der Waals surface area contributed by atoms with Crippen molar-refractivity contribution in [3.63, 3.8) is 0 Å². The van der Waals surface area contributed by atoms with Crippen LogP contribution in [0.4, 0.5) is 5.82 Å². The maximum atomic E-state index is 12.2. The van der Waals surface area contributed by atoms with Crippen molar-refractivity contribution in [2.24, 2.45) is 7.05 Å². The summed E-state index contributed by atoms with van der Waals surface area (Å²) in [6.07, 6.45) is 7.86. The van der Waals surface area contributed by atoms with Gasteiger partial charge in [0.1, 0.15) is 11.8 Å². The Morgan fingerprint density at radius 1 is 1.35 bits per heavy atom. The van der Waals surface area contributed by atoms with E-state index in [0.717, 1.165) is 25.9 Å². The molecule has 2 aromatic heterocycles. The number of aryl methyl sites for hydroxylation is 1. The highest BCUT2D eigenvalue weighted by Crippen LogP contribution is 2.20. The minimum atomic E-state index is -0.110. The highest BCUT2D eigenvalue weighted by atomic mass is 16.2. The van der Waals surface area contributed by atoms with Crippen molar-refractivity contribution in [3.05, 3.63) is 36.3 Å². The SMILES string of the molecule is Cn1cncc1C(=O)NC1CCN(c2nccnc2C#N)CC1. The van der Waals surface area contributed by atoms with Crippen LogP contribution in [0.15, 0.2) is 24.9 Å². The molecule has 0 spiro atoms. The largest absolute Gasteiger partial charge is 0.354 e. The molecular weight excluding hydrogens is 294 g/mol. The van der Waals surface area contributed by atoms with E-state index >= 15 is 0 Å². The molecule has 0 bridgehead atoms. The number of amides is 1. The maximum Gasteiger partial charge on any atom is 0.269 e. The molecule has 3 heterocycles. The molecule has 0 aliphatic carbocycles. The topological polar surface area (TPSA) is 99.7 Å². The van der Waals surface area contributed by atoms with Gasteiger partial charge < -0.3 is 14.8 Å². The Labute approximate surface area is 133 Å². The van der Waals surface area contributed by atoms with E-state index in [-0.39, 0.29) is 11.9 Å². The van der Waals surface area contributed by atoms with Gasteiger partial charge in [-0.25, -0.2) is 15.0 Å². The van der Waals surface area contributed by atoms with Gasteiger partial charge in [0.25, 0.3) is 5.91 Å². The molecule has 118 valence electrons. The number of nitrogens with zero attached hydrogens (tertiary/aromatic N) is 6. The number of piperidine rings is 1. The summed E-state index contributed by atoms with van der Waals surface area (Å²) in [5.41, 5.74) is 0.887. The standard InChI is InChI=1S/C15H17N7O/c1-21-10-17-9-13(21)15(23)20-11-2-6-22(7-3-11)14-12(8-16)18-4-5-19-14/h4-5,9-11H,2-3,6-7H2,1H3,(H,20,23). The highest BCUT2D eigenvalue weighted by Gasteiger charge is 2.24. The monoisotopic (exact) mass is 311 g/mol. The Bertz CT molecular complexity index is 740.